The van der Waals surface area contributed by atoms with Gasteiger partial charge in [-0.05, 0) is 61.1 Å². The van der Waals surface area contributed by atoms with Gasteiger partial charge in [-0.1, -0.05) is 6.92 Å². The summed E-state index contributed by atoms with van der Waals surface area (Å²) in [5.74, 6) is 1.19. The van der Waals surface area contributed by atoms with Crippen molar-refractivity contribution in [1.29, 1.82) is 0 Å². The molecule has 0 aromatic heterocycles. The third-order valence-electron chi connectivity index (χ3n) is 4.54. The lowest BCUT2D eigenvalue weighted by molar-refractivity contribution is -0.121. The van der Waals surface area contributed by atoms with Crippen LogP contribution in [0.2, 0.25) is 0 Å². The first-order chi connectivity index (χ1) is 9.75. The predicted octanol–water partition coefficient (Wildman–Crippen LogP) is 3.54. The molecule has 3 atom stereocenters. The summed E-state index contributed by atoms with van der Waals surface area (Å²) in [5.41, 5.74) is 0.436. The summed E-state index contributed by atoms with van der Waals surface area (Å²) in [6.45, 7) is 8.45. The summed E-state index contributed by atoms with van der Waals surface area (Å²) < 4.78 is 7.14. The predicted molar refractivity (Wildman–Crippen MR) is 89.5 cm³/mol. The molecular weight excluding hydrogens is 352 g/mol. The van der Waals surface area contributed by atoms with Crippen molar-refractivity contribution in [2.75, 3.05) is 0 Å². The molecule has 0 saturated carbocycles. The van der Waals surface area contributed by atoms with Crippen LogP contribution in [0.5, 0.6) is 11.5 Å². The molecule has 114 valence electrons. The highest BCUT2D eigenvalue weighted by Crippen LogP contribution is 2.51. The van der Waals surface area contributed by atoms with Gasteiger partial charge in [0.15, 0.2) is 10.8 Å². The lowest BCUT2D eigenvalue weighted by atomic mass is 9.80. The summed E-state index contributed by atoms with van der Waals surface area (Å²) in [6.07, 6.45) is 0. The highest BCUT2D eigenvalue weighted by Gasteiger charge is 2.54. The number of hydrogen-bond donors (Lipinski definition) is 2. The summed E-state index contributed by atoms with van der Waals surface area (Å²) in [7, 11) is 0. The van der Waals surface area contributed by atoms with Crippen LogP contribution in [0.15, 0.2) is 16.6 Å². The first-order valence-electron chi connectivity index (χ1n) is 7.07. The topological polar surface area (TPSA) is 44.7 Å². The molecule has 1 aromatic carbocycles. The smallest absolute Gasteiger partial charge is 0.187 e. The summed E-state index contributed by atoms with van der Waals surface area (Å²) in [4.78, 5) is 2.12. The minimum atomic E-state index is -0.506. The number of halogens is 1. The van der Waals surface area contributed by atoms with Crippen LogP contribution in [0.3, 0.4) is 0 Å². The van der Waals surface area contributed by atoms with Gasteiger partial charge in [0, 0.05) is 17.5 Å². The Morgan fingerprint density at radius 2 is 2.14 bits per heavy atom. The van der Waals surface area contributed by atoms with Crippen LogP contribution in [0.1, 0.15) is 39.3 Å². The van der Waals surface area contributed by atoms with Crippen molar-refractivity contribution in [3.05, 3.63) is 22.2 Å². The maximum atomic E-state index is 9.87. The first kappa shape index (κ1) is 14.9. The van der Waals surface area contributed by atoms with E-state index in [9.17, 15) is 5.11 Å². The lowest BCUT2D eigenvalue weighted by Gasteiger charge is -2.57. The number of benzene rings is 1. The molecule has 3 unspecified atom stereocenters. The second-order valence-electron chi connectivity index (χ2n) is 6.18. The number of nitrogens with one attached hydrogen (secondary N) is 1. The Labute approximate surface area is 138 Å². The van der Waals surface area contributed by atoms with Gasteiger partial charge in [0.05, 0.1) is 10.5 Å². The second-order valence-corrected chi connectivity index (χ2v) is 7.42. The first-order valence-corrected chi connectivity index (χ1v) is 8.27. The van der Waals surface area contributed by atoms with E-state index in [4.69, 9.17) is 17.0 Å². The molecule has 2 aliphatic rings. The van der Waals surface area contributed by atoms with Gasteiger partial charge in [-0.25, -0.2) is 0 Å². The van der Waals surface area contributed by atoms with E-state index >= 15 is 0 Å². The zero-order valence-electron chi connectivity index (χ0n) is 12.5. The molecule has 21 heavy (non-hydrogen) atoms. The number of aromatic hydroxyl groups is 1. The van der Waals surface area contributed by atoms with Crippen molar-refractivity contribution in [3.63, 3.8) is 0 Å². The third kappa shape index (κ3) is 2.03. The van der Waals surface area contributed by atoms with Crippen LogP contribution >= 0.6 is 28.1 Å². The fourth-order valence-corrected chi connectivity index (χ4v) is 4.50. The molecule has 6 heteroatoms. The number of nitrogens with zero attached hydrogens (tertiary/aromatic N) is 1. The normalized spacial score (nSPS) is 30.8. The molecule has 1 saturated heterocycles. The number of hydrogen-bond acceptors (Lipinski definition) is 3. The van der Waals surface area contributed by atoms with Crippen LogP contribution in [-0.2, 0) is 0 Å². The van der Waals surface area contributed by atoms with Gasteiger partial charge in [0.2, 0.25) is 0 Å². The molecule has 1 aromatic rings. The van der Waals surface area contributed by atoms with E-state index in [1.54, 1.807) is 12.1 Å². The Bertz CT molecular complexity index is 622. The van der Waals surface area contributed by atoms with Gasteiger partial charge in [-0.15, -0.1) is 0 Å². The molecule has 0 radical (unpaired) electrons. The average Bonchev–Trinajstić information content (AvgIpc) is 2.35. The Morgan fingerprint density at radius 3 is 2.76 bits per heavy atom. The summed E-state index contributed by atoms with van der Waals surface area (Å²) in [5, 5.41) is 14.0. The van der Waals surface area contributed by atoms with Gasteiger partial charge < -0.3 is 20.1 Å². The molecule has 2 N–H and O–H groups in total. The van der Waals surface area contributed by atoms with E-state index in [-0.39, 0.29) is 23.8 Å². The number of rotatable bonds is 1. The van der Waals surface area contributed by atoms with E-state index < -0.39 is 5.72 Å². The minimum absolute atomic E-state index is 0.0321. The van der Waals surface area contributed by atoms with Gasteiger partial charge in [-0.3, -0.25) is 0 Å². The third-order valence-corrected chi connectivity index (χ3v) is 5.44. The second kappa shape index (κ2) is 4.74. The SMILES string of the molecule is CC(C)N1C(=S)NC2c3cc(O)cc(Br)c3OC1(C)C2C. The van der Waals surface area contributed by atoms with Gasteiger partial charge >= 0.3 is 0 Å². The molecule has 3 rings (SSSR count). The van der Waals surface area contributed by atoms with Crippen molar-refractivity contribution in [1.82, 2.24) is 10.2 Å². The van der Waals surface area contributed by atoms with Crippen molar-refractivity contribution in [2.45, 2.75) is 45.5 Å². The van der Waals surface area contributed by atoms with Gasteiger partial charge in [0.1, 0.15) is 11.5 Å². The summed E-state index contributed by atoms with van der Waals surface area (Å²) >= 11 is 9.03. The summed E-state index contributed by atoms with van der Waals surface area (Å²) in [6, 6.07) is 3.67. The molecule has 1 fully saturated rings. The van der Waals surface area contributed by atoms with Crippen LogP contribution in [0.25, 0.3) is 0 Å². The molecule has 2 heterocycles. The molecular formula is C15H19BrN2O2S. The largest absolute Gasteiger partial charge is 0.508 e. The molecule has 2 aliphatic heterocycles. The van der Waals surface area contributed by atoms with Crippen LogP contribution < -0.4 is 10.1 Å². The number of thiocarbonyl (C=S) groups is 1. The zero-order chi connectivity index (χ0) is 15.5. The van der Waals surface area contributed by atoms with Crippen molar-refractivity contribution in [3.8, 4) is 11.5 Å². The Balaban J connectivity index is 2.19. The van der Waals surface area contributed by atoms with Crippen LogP contribution in [-0.4, -0.2) is 26.9 Å². The minimum Gasteiger partial charge on any atom is -0.508 e. The van der Waals surface area contributed by atoms with Crippen molar-refractivity contribution >= 4 is 33.3 Å². The molecule has 2 bridgehead atoms. The standard InChI is InChI=1S/C15H19BrN2O2S/c1-7(2)18-14(21)17-12-8(3)15(18,4)20-13-10(12)5-9(19)6-11(13)16/h5-8,12,19H,1-4H3,(H,17,21). The molecule has 4 nitrogen and oxygen atoms in total. The van der Waals surface area contributed by atoms with Crippen molar-refractivity contribution < 1.29 is 9.84 Å². The Morgan fingerprint density at radius 1 is 1.48 bits per heavy atom. The highest BCUT2D eigenvalue weighted by molar-refractivity contribution is 9.10. The monoisotopic (exact) mass is 370 g/mol. The van der Waals surface area contributed by atoms with E-state index in [0.29, 0.717) is 5.11 Å². The maximum Gasteiger partial charge on any atom is 0.187 e. The fourth-order valence-electron chi connectivity index (χ4n) is 3.44. The van der Waals surface area contributed by atoms with E-state index in [2.05, 4.69) is 53.8 Å². The maximum absolute atomic E-state index is 9.87. The van der Waals surface area contributed by atoms with E-state index in [0.717, 1.165) is 15.8 Å². The number of phenolic OH excluding ortho intramolecular Hbond substituents is 1. The fraction of sp³-hybridized carbons (Fsp3) is 0.533. The van der Waals surface area contributed by atoms with Gasteiger partial charge in [0.25, 0.3) is 0 Å². The quantitative estimate of drug-likeness (QED) is 0.740. The van der Waals surface area contributed by atoms with Crippen LogP contribution in [0, 0.1) is 5.92 Å². The van der Waals surface area contributed by atoms with Crippen molar-refractivity contribution in [2.24, 2.45) is 5.92 Å². The van der Waals surface area contributed by atoms with E-state index in [1.807, 2.05) is 0 Å². The average molecular weight is 371 g/mol. The number of ether oxygens (including phenoxy) is 1. The number of phenols is 1. The van der Waals surface area contributed by atoms with E-state index in [1.165, 1.54) is 0 Å². The Hall–Kier alpha value is -1.01. The lowest BCUT2D eigenvalue weighted by Crippen LogP contribution is -2.70. The highest BCUT2D eigenvalue weighted by atomic mass is 79.9. The number of fused-ring (bicyclic) bond motifs is 4. The molecule has 0 aliphatic carbocycles. The Kier molecular flexibility index (Phi) is 3.37. The zero-order valence-corrected chi connectivity index (χ0v) is 14.9. The molecule has 0 spiro atoms. The van der Waals surface area contributed by atoms with Crippen LogP contribution in [0.4, 0.5) is 0 Å². The van der Waals surface area contributed by atoms with Gasteiger partial charge in [-0.2, -0.15) is 0 Å². The molecule has 0 amide bonds.